The lowest BCUT2D eigenvalue weighted by atomic mass is 9.98. The average molecular weight is 557 g/mol. The molecule has 0 radical (unpaired) electrons. The number of rotatable bonds is 13. The van der Waals surface area contributed by atoms with Crippen LogP contribution in [0.5, 0.6) is 0 Å². The topological polar surface area (TPSA) is 64.6 Å². The van der Waals surface area contributed by atoms with Crippen molar-refractivity contribution >= 4 is 35.1 Å². The number of ether oxygens (including phenoxy) is 2. The second kappa shape index (κ2) is 14.9. The lowest BCUT2D eigenvalue weighted by Crippen LogP contribution is -2.50. The molecule has 2 atom stereocenters. The van der Waals surface area contributed by atoms with Crippen LogP contribution >= 0.6 is 23.2 Å². The molecule has 0 aliphatic heterocycles. The van der Waals surface area contributed by atoms with Gasteiger partial charge >= 0.3 is 11.9 Å². The zero-order chi connectivity index (χ0) is 27.5. The Morgan fingerprint density at radius 2 is 1.37 bits per heavy atom. The smallest absolute Gasteiger partial charge is 0.323 e. The molecule has 0 saturated heterocycles. The third kappa shape index (κ3) is 9.79. The monoisotopic (exact) mass is 555 g/mol. The van der Waals surface area contributed by atoms with Crippen LogP contribution in [0.4, 0.5) is 0 Å². The minimum atomic E-state index is -0.694. The van der Waals surface area contributed by atoms with Crippen molar-refractivity contribution in [3.63, 3.8) is 0 Å². The minimum absolute atomic E-state index is 0.180. The molecule has 7 heteroatoms. The first-order valence-electron chi connectivity index (χ1n) is 12.9. The molecule has 3 aromatic rings. The van der Waals surface area contributed by atoms with Crippen LogP contribution < -0.4 is 5.32 Å². The molecule has 0 saturated carbocycles. The predicted octanol–water partition coefficient (Wildman–Crippen LogP) is 6.81. The van der Waals surface area contributed by atoms with Gasteiger partial charge < -0.3 is 9.47 Å². The molecule has 0 aliphatic rings. The van der Waals surface area contributed by atoms with Crippen LogP contribution in [0.25, 0.3) is 0 Å². The van der Waals surface area contributed by atoms with Crippen molar-refractivity contribution in [3.05, 3.63) is 105 Å². The highest BCUT2D eigenvalue weighted by Crippen LogP contribution is 2.22. The van der Waals surface area contributed by atoms with E-state index in [0.29, 0.717) is 29.3 Å². The van der Waals surface area contributed by atoms with Crippen LogP contribution in [0.15, 0.2) is 72.8 Å². The Hall–Kier alpha value is -2.86. The average Bonchev–Trinajstić information content (AvgIpc) is 2.87. The highest BCUT2D eigenvalue weighted by atomic mass is 35.5. The molecule has 1 unspecified atom stereocenters. The molecule has 1 N–H and O–H groups in total. The Labute approximate surface area is 235 Å². The van der Waals surface area contributed by atoms with E-state index in [1.807, 2.05) is 80.6 Å². The van der Waals surface area contributed by atoms with Gasteiger partial charge in [-0.1, -0.05) is 91.6 Å². The third-order valence-corrected chi connectivity index (χ3v) is 6.42. The number of nitrogens with one attached hydrogen (secondary N) is 1. The van der Waals surface area contributed by atoms with Crippen LogP contribution in [0.1, 0.15) is 49.4 Å². The first-order valence-corrected chi connectivity index (χ1v) is 13.6. The van der Waals surface area contributed by atoms with Gasteiger partial charge in [0, 0.05) is 10.0 Å². The fraction of sp³-hybridized carbons (Fsp3) is 0.355. The SMILES string of the molecule is CCOC(=O)C(Cc1ccc(Cc2cc(Cl)cc(Cl)c2)cc1)N[C@@H](CC(C)C)C(=O)OCc1ccccc1. The van der Waals surface area contributed by atoms with E-state index in [1.54, 1.807) is 13.0 Å². The Bertz CT molecular complexity index is 1160. The molecular weight excluding hydrogens is 521 g/mol. The van der Waals surface area contributed by atoms with E-state index in [1.165, 1.54) is 0 Å². The van der Waals surface area contributed by atoms with E-state index in [0.717, 1.165) is 22.3 Å². The predicted molar refractivity (Wildman–Crippen MR) is 152 cm³/mol. The molecule has 0 amide bonds. The maximum atomic E-state index is 13.0. The molecule has 3 rings (SSSR count). The van der Waals surface area contributed by atoms with Crippen molar-refractivity contribution in [2.24, 2.45) is 5.92 Å². The van der Waals surface area contributed by atoms with Gasteiger partial charge in [-0.3, -0.25) is 14.9 Å². The van der Waals surface area contributed by atoms with Crippen LogP contribution in [0.2, 0.25) is 10.0 Å². The Morgan fingerprint density at radius 3 is 1.97 bits per heavy atom. The second-order valence-electron chi connectivity index (χ2n) is 9.72. The van der Waals surface area contributed by atoms with Crippen molar-refractivity contribution in [2.45, 2.75) is 58.7 Å². The highest BCUT2D eigenvalue weighted by Gasteiger charge is 2.29. The van der Waals surface area contributed by atoms with E-state index in [2.05, 4.69) is 5.32 Å². The maximum Gasteiger partial charge on any atom is 0.323 e. The van der Waals surface area contributed by atoms with E-state index in [-0.39, 0.29) is 25.1 Å². The number of carbonyl (C=O) groups is 2. The summed E-state index contributed by atoms with van der Waals surface area (Å²) in [6, 6.07) is 21.7. The summed E-state index contributed by atoms with van der Waals surface area (Å²) >= 11 is 12.3. The first kappa shape index (κ1) is 29.7. The first-order chi connectivity index (χ1) is 18.2. The van der Waals surface area contributed by atoms with Gasteiger partial charge in [-0.25, -0.2) is 0 Å². The lowest BCUT2D eigenvalue weighted by molar-refractivity contribution is -0.150. The molecule has 0 bridgehead atoms. The maximum absolute atomic E-state index is 13.0. The van der Waals surface area contributed by atoms with Crippen LogP contribution in [-0.4, -0.2) is 30.6 Å². The number of benzene rings is 3. The van der Waals surface area contributed by atoms with Gasteiger partial charge in [0.15, 0.2) is 0 Å². The second-order valence-corrected chi connectivity index (χ2v) is 10.6. The fourth-order valence-electron chi connectivity index (χ4n) is 4.21. The number of hydrogen-bond acceptors (Lipinski definition) is 5. The van der Waals surface area contributed by atoms with Crippen molar-refractivity contribution < 1.29 is 19.1 Å². The zero-order valence-corrected chi connectivity index (χ0v) is 23.6. The van der Waals surface area contributed by atoms with Gasteiger partial charge in [0.2, 0.25) is 0 Å². The fourth-order valence-corrected chi connectivity index (χ4v) is 4.78. The number of halogens is 2. The molecule has 3 aromatic carbocycles. The minimum Gasteiger partial charge on any atom is -0.465 e. The summed E-state index contributed by atoms with van der Waals surface area (Å²) in [5.74, 6) is -0.555. The molecule has 0 heterocycles. The number of carbonyl (C=O) groups excluding carboxylic acids is 2. The molecular formula is C31H35Cl2NO4. The summed E-state index contributed by atoms with van der Waals surface area (Å²) in [5.41, 5.74) is 3.97. The quantitative estimate of drug-likeness (QED) is 0.235. The molecule has 0 fully saturated rings. The standard InChI is InChI=1S/C31H35Cl2NO4/c1-4-37-30(35)29(34-28(14-21(2)3)31(36)38-20-24-8-6-5-7-9-24)18-23-12-10-22(11-13-23)15-25-16-26(32)19-27(33)17-25/h5-13,16-17,19,21,28-29,34H,4,14-15,18,20H2,1-3H3/t28-,29?/m0/s1. The number of hydrogen-bond donors (Lipinski definition) is 1. The van der Waals surface area contributed by atoms with Gasteiger partial charge in [0.25, 0.3) is 0 Å². The largest absolute Gasteiger partial charge is 0.465 e. The van der Waals surface area contributed by atoms with E-state index in [9.17, 15) is 9.59 Å². The van der Waals surface area contributed by atoms with Gasteiger partial charge in [-0.2, -0.15) is 0 Å². The molecule has 0 aromatic heterocycles. The van der Waals surface area contributed by atoms with Crippen LogP contribution in [-0.2, 0) is 38.5 Å². The molecule has 5 nitrogen and oxygen atoms in total. The van der Waals surface area contributed by atoms with Crippen LogP contribution in [0, 0.1) is 5.92 Å². The van der Waals surface area contributed by atoms with Gasteiger partial charge in [0.05, 0.1) is 6.61 Å². The summed E-state index contributed by atoms with van der Waals surface area (Å²) in [7, 11) is 0. The zero-order valence-electron chi connectivity index (χ0n) is 22.1. The molecule has 0 spiro atoms. The number of esters is 2. The van der Waals surface area contributed by atoms with Crippen LogP contribution in [0.3, 0.4) is 0 Å². The van der Waals surface area contributed by atoms with Gasteiger partial charge in [-0.15, -0.1) is 0 Å². The Morgan fingerprint density at radius 1 is 0.763 bits per heavy atom. The highest BCUT2D eigenvalue weighted by molar-refractivity contribution is 6.34. The lowest BCUT2D eigenvalue weighted by Gasteiger charge is -2.25. The van der Waals surface area contributed by atoms with Crippen molar-refractivity contribution in [2.75, 3.05) is 6.61 Å². The summed E-state index contributed by atoms with van der Waals surface area (Å²) in [6.07, 6.45) is 1.59. The van der Waals surface area contributed by atoms with Gasteiger partial charge in [-0.05, 0) is 72.6 Å². The summed E-state index contributed by atoms with van der Waals surface area (Å²) in [4.78, 5) is 25.9. The Balaban J connectivity index is 1.70. The van der Waals surface area contributed by atoms with Gasteiger partial charge in [0.1, 0.15) is 18.7 Å². The molecule has 0 aliphatic carbocycles. The normalized spacial score (nSPS) is 12.7. The summed E-state index contributed by atoms with van der Waals surface area (Å²) < 4.78 is 10.9. The van der Waals surface area contributed by atoms with E-state index in [4.69, 9.17) is 32.7 Å². The third-order valence-electron chi connectivity index (χ3n) is 5.98. The van der Waals surface area contributed by atoms with Crippen molar-refractivity contribution in [1.29, 1.82) is 0 Å². The van der Waals surface area contributed by atoms with E-state index >= 15 is 0 Å². The summed E-state index contributed by atoms with van der Waals surface area (Å²) in [6.45, 7) is 6.27. The van der Waals surface area contributed by atoms with E-state index < -0.39 is 18.1 Å². The summed E-state index contributed by atoms with van der Waals surface area (Å²) in [5, 5.41) is 4.45. The molecule has 38 heavy (non-hydrogen) atoms. The Kier molecular flexibility index (Phi) is 11.7. The molecule has 202 valence electrons. The van der Waals surface area contributed by atoms with Crippen molar-refractivity contribution in [3.8, 4) is 0 Å². The van der Waals surface area contributed by atoms with Crippen molar-refractivity contribution in [1.82, 2.24) is 5.32 Å².